The van der Waals surface area contributed by atoms with Crippen molar-refractivity contribution in [3.05, 3.63) is 82.8 Å². The number of hydrogen-bond acceptors (Lipinski definition) is 6. The van der Waals surface area contributed by atoms with Crippen LogP contribution in [-0.2, 0) is 9.59 Å². The van der Waals surface area contributed by atoms with E-state index in [1.807, 2.05) is 0 Å². The third-order valence-corrected chi connectivity index (χ3v) is 4.32. The highest BCUT2D eigenvalue weighted by Crippen LogP contribution is 2.22. The highest BCUT2D eigenvalue weighted by Gasteiger charge is 2.14. The van der Waals surface area contributed by atoms with Crippen LogP contribution in [0.2, 0.25) is 5.02 Å². The van der Waals surface area contributed by atoms with Crippen LogP contribution in [0, 0.1) is 6.92 Å². The second kappa shape index (κ2) is 9.53. The van der Waals surface area contributed by atoms with Gasteiger partial charge in [-0.2, -0.15) is 5.10 Å². The highest BCUT2D eigenvalue weighted by molar-refractivity contribution is 6.40. The van der Waals surface area contributed by atoms with E-state index < -0.39 is 17.8 Å². The molecule has 0 bridgehead atoms. The lowest BCUT2D eigenvalue weighted by molar-refractivity contribution is -0.136. The van der Waals surface area contributed by atoms with Crippen molar-refractivity contribution in [2.75, 3.05) is 5.32 Å². The molecular weight excluding hydrogens is 410 g/mol. The first-order chi connectivity index (χ1) is 14.4. The molecule has 9 heteroatoms. The van der Waals surface area contributed by atoms with E-state index in [9.17, 15) is 14.4 Å². The number of carbonyl (C=O) groups excluding carboxylic acids is 3. The molecule has 3 aromatic rings. The molecule has 30 heavy (non-hydrogen) atoms. The third-order valence-electron chi connectivity index (χ3n) is 3.91. The fraction of sp³-hybridized carbons (Fsp3) is 0.0476. The van der Waals surface area contributed by atoms with Crippen LogP contribution < -0.4 is 15.5 Å². The summed E-state index contributed by atoms with van der Waals surface area (Å²) < 4.78 is 10.1. The summed E-state index contributed by atoms with van der Waals surface area (Å²) in [7, 11) is 0. The van der Waals surface area contributed by atoms with Crippen LogP contribution in [0.4, 0.5) is 5.69 Å². The molecule has 0 unspecified atom stereocenters. The molecule has 1 aromatic heterocycles. The molecule has 0 aliphatic carbocycles. The maximum atomic E-state index is 12.0. The van der Waals surface area contributed by atoms with Crippen LogP contribution in [0.3, 0.4) is 0 Å². The van der Waals surface area contributed by atoms with Crippen LogP contribution in [0.1, 0.15) is 21.7 Å². The third kappa shape index (κ3) is 5.33. The van der Waals surface area contributed by atoms with E-state index in [4.69, 9.17) is 20.8 Å². The second-order valence-electron chi connectivity index (χ2n) is 6.00. The average Bonchev–Trinajstić information content (AvgIpc) is 3.27. The van der Waals surface area contributed by atoms with Gasteiger partial charge in [-0.25, -0.2) is 10.2 Å². The minimum atomic E-state index is -0.936. The molecule has 0 spiro atoms. The number of amides is 2. The van der Waals surface area contributed by atoms with Gasteiger partial charge in [0.15, 0.2) is 0 Å². The summed E-state index contributed by atoms with van der Waals surface area (Å²) >= 11 is 5.99. The normalized spacial score (nSPS) is 10.6. The molecule has 8 nitrogen and oxygen atoms in total. The Labute approximate surface area is 176 Å². The predicted molar refractivity (Wildman–Crippen MR) is 111 cm³/mol. The van der Waals surface area contributed by atoms with Crippen LogP contribution in [0.15, 0.2) is 70.4 Å². The van der Waals surface area contributed by atoms with Crippen LogP contribution in [-0.4, -0.2) is 24.0 Å². The van der Waals surface area contributed by atoms with Crippen LogP contribution in [0.25, 0.3) is 0 Å². The molecule has 0 radical (unpaired) electrons. The Morgan fingerprint density at radius 3 is 2.50 bits per heavy atom. The fourth-order valence-corrected chi connectivity index (χ4v) is 2.49. The minimum Gasteiger partial charge on any atom is -0.457 e. The molecule has 2 aromatic carbocycles. The number of nitrogens with one attached hydrogen (secondary N) is 2. The van der Waals surface area contributed by atoms with E-state index in [1.165, 1.54) is 18.5 Å². The Kier molecular flexibility index (Phi) is 6.61. The number of benzene rings is 2. The molecule has 2 N–H and O–H groups in total. The first-order valence-electron chi connectivity index (χ1n) is 8.69. The molecule has 0 saturated heterocycles. The molecule has 0 fully saturated rings. The first kappa shape index (κ1) is 20.8. The van der Waals surface area contributed by atoms with Gasteiger partial charge in [0.05, 0.1) is 12.5 Å². The van der Waals surface area contributed by atoms with Crippen LogP contribution in [0.5, 0.6) is 5.75 Å². The number of hydrogen-bond donors (Lipinski definition) is 2. The van der Waals surface area contributed by atoms with Crippen molar-refractivity contribution in [3.8, 4) is 5.75 Å². The quantitative estimate of drug-likeness (QED) is 0.213. The van der Waals surface area contributed by atoms with Gasteiger partial charge in [-0.3, -0.25) is 9.59 Å². The summed E-state index contributed by atoms with van der Waals surface area (Å²) in [6.45, 7) is 1.73. The number of furan rings is 1. The van der Waals surface area contributed by atoms with Crippen LogP contribution >= 0.6 is 11.6 Å². The number of nitrogens with zero attached hydrogens (tertiary/aromatic N) is 1. The van der Waals surface area contributed by atoms with E-state index in [0.717, 1.165) is 0 Å². The number of carbonyl (C=O) groups is 3. The molecular formula is C21H16ClN3O5. The lowest BCUT2D eigenvalue weighted by Gasteiger charge is -2.08. The molecule has 0 atom stereocenters. The Morgan fingerprint density at radius 2 is 1.80 bits per heavy atom. The monoisotopic (exact) mass is 425 g/mol. The van der Waals surface area contributed by atoms with Crippen molar-refractivity contribution >= 4 is 41.3 Å². The first-order valence-corrected chi connectivity index (χ1v) is 9.07. The Morgan fingerprint density at radius 1 is 1.03 bits per heavy atom. The molecule has 0 saturated carbocycles. The van der Waals surface area contributed by atoms with Gasteiger partial charge in [0, 0.05) is 10.7 Å². The number of rotatable bonds is 5. The maximum absolute atomic E-state index is 12.0. The predicted octanol–water partition coefficient (Wildman–Crippen LogP) is 3.55. The Balaban J connectivity index is 1.52. The van der Waals surface area contributed by atoms with E-state index in [2.05, 4.69) is 15.8 Å². The zero-order valence-corrected chi connectivity index (χ0v) is 16.5. The SMILES string of the molecule is Cc1c(Cl)cccc1NC(=O)C(=O)N/N=C/c1ccc(OC(=O)c2ccco2)cc1. The van der Waals surface area contributed by atoms with Gasteiger partial charge in [0.1, 0.15) is 5.75 Å². The summed E-state index contributed by atoms with van der Waals surface area (Å²) in [6, 6.07) is 14.4. The van der Waals surface area contributed by atoms with E-state index in [-0.39, 0.29) is 5.76 Å². The standard InChI is InChI=1S/C21H16ClN3O5/c1-13-16(22)4-2-5-17(13)24-19(26)20(27)25-23-12-14-7-9-15(10-8-14)30-21(28)18-6-3-11-29-18/h2-12H,1H3,(H,24,26)(H,25,27)/b23-12+. The summed E-state index contributed by atoms with van der Waals surface area (Å²) in [5, 5.41) is 6.69. The van der Waals surface area contributed by atoms with Crippen molar-refractivity contribution in [1.29, 1.82) is 0 Å². The van der Waals surface area contributed by atoms with Gasteiger partial charge in [-0.1, -0.05) is 17.7 Å². The van der Waals surface area contributed by atoms with Crippen molar-refractivity contribution < 1.29 is 23.5 Å². The number of halogens is 1. The molecule has 3 rings (SSSR count). The Bertz CT molecular complexity index is 1090. The van der Waals surface area contributed by atoms with Crippen molar-refractivity contribution in [2.45, 2.75) is 6.92 Å². The summed E-state index contributed by atoms with van der Waals surface area (Å²) in [5.74, 6) is -2.02. The molecule has 152 valence electrons. The van der Waals surface area contributed by atoms with Gasteiger partial charge in [0.2, 0.25) is 5.76 Å². The minimum absolute atomic E-state index is 0.0922. The maximum Gasteiger partial charge on any atom is 0.379 e. The lowest BCUT2D eigenvalue weighted by Crippen LogP contribution is -2.32. The largest absolute Gasteiger partial charge is 0.457 e. The zero-order chi connectivity index (χ0) is 21.5. The number of esters is 1. The number of anilines is 1. The smallest absolute Gasteiger partial charge is 0.379 e. The van der Waals surface area contributed by atoms with Gasteiger partial charge in [-0.15, -0.1) is 0 Å². The average molecular weight is 426 g/mol. The molecule has 2 amide bonds. The topological polar surface area (TPSA) is 110 Å². The fourth-order valence-electron chi connectivity index (χ4n) is 2.31. The van der Waals surface area contributed by atoms with Gasteiger partial charge in [-0.05, 0) is 66.6 Å². The van der Waals surface area contributed by atoms with Crippen molar-refractivity contribution in [2.24, 2.45) is 5.10 Å². The number of hydrazone groups is 1. The van der Waals surface area contributed by atoms with Gasteiger partial charge >= 0.3 is 17.8 Å². The second-order valence-corrected chi connectivity index (χ2v) is 6.41. The molecule has 1 heterocycles. The number of ether oxygens (including phenoxy) is 1. The Hall–Kier alpha value is -3.91. The van der Waals surface area contributed by atoms with E-state index in [1.54, 1.807) is 55.5 Å². The van der Waals surface area contributed by atoms with Gasteiger partial charge in [0.25, 0.3) is 0 Å². The zero-order valence-electron chi connectivity index (χ0n) is 15.7. The summed E-state index contributed by atoms with van der Waals surface area (Å²) in [5.41, 5.74) is 3.83. The lowest BCUT2D eigenvalue weighted by atomic mass is 10.2. The van der Waals surface area contributed by atoms with Crippen molar-refractivity contribution in [3.63, 3.8) is 0 Å². The van der Waals surface area contributed by atoms with E-state index >= 15 is 0 Å². The molecule has 0 aliphatic rings. The summed E-state index contributed by atoms with van der Waals surface area (Å²) in [6.07, 6.45) is 2.72. The molecule has 0 aliphatic heterocycles. The van der Waals surface area contributed by atoms with Crippen molar-refractivity contribution in [1.82, 2.24) is 5.43 Å². The van der Waals surface area contributed by atoms with Gasteiger partial charge < -0.3 is 14.5 Å². The highest BCUT2D eigenvalue weighted by atomic mass is 35.5. The summed E-state index contributed by atoms with van der Waals surface area (Å²) in [4.78, 5) is 35.7. The van der Waals surface area contributed by atoms with E-state index in [0.29, 0.717) is 27.6 Å².